The number of hydrogen-bond acceptors (Lipinski definition) is 5. The molecule has 2 aromatic rings. The van der Waals surface area contributed by atoms with Gasteiger partial charge in [-0.1, -0.05) is 43.9 Å². The Morgan fingerprint density at radius 3 is 2.40 bits per heavy atom. The third-order valence-corrected chi connectivity index (χ3v) is 6.31. The van der Waals surface area contributed by atoms with E-state index in [4.69, 9.17) is 9.15 Å². The molecule has 2 heterocycles. The number of carbonyl (C=O) groups is 1. The molecule has 0 bridgehead atoms. The Labute approximate surface area is 207 Å². The van der Waals surface area contributed by atoms with Crippen LogP contribution in [0.1, 0.15) is 62.7 Å². The second kappa shape index (κ2) is 14.5. The number of hydrogen-bond donors (Lipinski definition) is 0. The Morgan fingerprint density at radius 1 is 1.03 bits per heavy atom. The lowest BCUT2D eigenvalue weighted by atomic mass is 10.1. The fraction of sp³-hybridized carbons (Fsp3) is 0.500. The van der Waals surface area contributed by atoms with Gasteiger partial charge in [0.1, 0.15) is 24.4 Å². The smallest absolute Gasteiger partial charge is 0.227 e. The molecule has 190 valence electrons. The summed E-state index contributed by atoms with van der Waals surface area (Å²) in [7, 11) is 0. The average Bonchev–Trinajstić information content (AvgIpc) is 2.86. The van der Waals surface area contributed by atoms with Gasteiger partial charge in [0.15, 0.2) is 0 Å². The molecule has 0 aliphatic carbocycles. The lowest BCUT2D eigenvalue weighted by Crippen LogP contribution is -2.48. The summed E-state index contributed by atoms with van der Waals surface area (Å²) in [6.45, 7) is 7.32. The summed E-state index contributed by atoms with van der Waals surface area (Å²) in [4.78, 5) is 29.0. The molecular formula is C28H37FN2O4. The van der Waals surface area contributed by atoms with Crippen molar-refractivity contribution < 1.29 is 18.3 Å². The van der Waals surface area contributed by atoms with Crippen LogP contribution in [0.3, 0.4) is 0 Å². The summed E-state index contributed by atoms with van der Waals surface area (Å²) in [6.07, 6.45) is 12.0. The summed E-state index contributed by atoms with van der Waals surface area (Å²) < 4.78 is 24.1. The zero-order chi connectivity index (χ0) is 24.9. The highest BCUT2D eigenvalue weighted by Crippen LogP contribution is 2.14. The lowest BCUT2D eigenvalue weighted by molar-refractivity contribution is -0.133. The quantitative estimate of drug-likeness (QED) is 0.269. The minimum absolute atomic E-state index is 0.130. The van der Waals surface area contributed by atoms with E-state index in [-0.39, 0.29) is 29.5 Å². The molecule has 0 spiro atoms. The summed E-state index contributed by atoms with van der Waals surface area (Å²) in [5, 5.41) is 0. The van der Waals surface area contributed by atoms with E-state index in [1.807, 2.05) is 11.0 Å². The second-order valence-electron chi connectivity index (χ2n) is 9.10. The number of halogens is 1. The van der Waals surface area contributed by atoms with Crippen LogP contribution >= 0.6 is 0 Å². The van der Waals surface area contributed by atoms with Crippen molar-refractivity contribution in [3.05, 3.63) is 76.6 Å². The highest BCUT2D eigenvalue weighted by Gasteiger charge is 2.21. The van der Waals surface area contributed by atoms with Gasteiger partial charge in [0, 0.05) is 38.7 Å². The highest BCUT2D eigenvalue weighted by molar-refractivity contribution is 5.76. The van der Waals surface area contributed by atoms with Crippen molar-refractivity contribution in [3.63, 3.8) is 0 Å². The van der Waals surface area contributed by atoms with Gasteiger partial charge >= 0.3 is 0 Å². The zero-order valence-electron chi connectivity index (χ0n) is 20.6. The molecule has 0 N–H and O–H groups in total. The van der Waals surface area contributed by atoms with Crippen molar-refractivity contribution >= 4 is 5.91 Å². The molecule has 1 aliphatic rings. The van der Waals surface area contributed by atoms with Gasteiger partial charge in [-0.25, -0.2) is 4.39 Å². The molecule has 1 aromatic carbocycles. The van der Waals surface area contributed by atoms with Crippen LogP contribution < -0.4 is 10.2 Å². The second-order valence-corrected chi connectivity index (χ2v) is 9.10. The van der Waals surface area contributed by atoms with Gasteiger partial charge < -0.3 is 14.1 Å². The Kier molecular flexibility index (Phi) is 11.0. The van der Waals surface area contributed by atoms with E-state index in [2.05, 4.69) is 11.5 Å². The van der Waals surface area contributed by atoms with Gasteiger partial charge in [-0.3, -0.25) is 14.5 Å². The molecule has 1 aliphatic heterocycles. The van der Waals surface area contributed by atoms with Gasteiger partial charge in [0.05, 0.1) is 6.54 Å². The van der Waals surface area contributed by atoms with Crippen molar-refractivity contribution in [1.29, 1.82) is 0 Å². The lowest BCUT2D eigenvalue weighted by Gasteiger charge is -2.34. The predicted octanol–water partition coefficient (Wildman–Crippen LogP) is 5.31. The fourth-order valence-corrected chi connectivity index (χ4v) is 4.17. The monoisotopic (exact) mass is 484 g/mol. The van der Waals surface area contributed by atoms with E-state index in [0.717, 1.165) is 37.9 Å². The number of nitrogens with zero attached hydrogens (tertiary/aromatic N) is 2. The first-order chi connectivity index (χ1) is 17.0. The molecule has 3 rings (SSSR count). The predicted molar refractivity (Wildman–Crippen MR) is 135 cm³/mol. The van der Waals surface area contributed by atoms with Gasteiger partial charge in [-0.15, -0.1) is 6.58 Å². The number of ether oxygens (including phenoxy) is 1. The molecule has 1 aromatic heterocycles. The normalized spacial score (nSPS) is 14.1. The van der Waals surface area contributed by atoms with Crippen LogP contribution in [0, 0.1) is 5.82 Å². The van der Waals surface area contributed by atoms with Crippen molar-refractivity contribution in [2.45, 2.75) is 64.5 Å². The molecule has 35 heavy (non-hydrogen) atoms. The maximum atomic E-state index is 13.0. The number of benzene rings is 1. The van der Waals surface area contributed by atoms with Crippen molar-refractivity contribution in [2.75, 3.05) is 26.2 Å². The van der Waals surface area contributed by atoms with E-state index < -0.39 is 0 Å². The maximum Gasteiger partial charge on any atom is 0.227 e. The van der Waals surface area contributed by atoms with Crippen LogP contribution in [0.2, 0.25) is 0 Å². The summed E-state index contributed by atoms with van der Waals surface area (Å²) in [5.74, 6) is 0.622. The van der Waals surface area contributed by atoms with Crippen LogP contribution in [0.4, 0.5) is 4.39 Å². The molecule has 1 saturated heterocycles. The van der Waals surface area contributed by atoms with Crippen LogP contribution in [0.25, 0.3) is 0 Å². The number of unbranched alkanes of at least 4 members (excludes halogenated alkanes) is 6. The Morgan fingerprint density at radius 2 is 1.71 bits per heavy atom. The van der Waals surface area contributed by atoms with Crippen molar-refractivity contribution in [1.82, 2.24) is 9.80 Å². The van der Waals surface area contributed by atoms with Gasteiger partial charge in [0.25, 0.3) is 0 Å². The fourth-order valence-electron chi connectivity index (χ4n) is 4.17. The van der Waals surface area contributed by atoms with Gasteiger partial charge in [-0.05, 0) is 37.0 Å². The molecule has 0 radical (unpaired) electrons. The van der Waals surface area contributed by atoms with E-state index in [0.29, 0.717) is 31.8 Å². The van der Waals surface area contributed by atoms with Crippen LogP contribution in [-0.2, 0) is 17.9 Å². The molecule has 7 heteroatoms. The summed E-state index contributed by atoms with van der Waals surface area (Å²) >= 11 is 0. The molecule has 1 amide bonds. The van der Waals surface area contributed by atoms with Crippen molar-refractivity contribution in [2.24, 2.45) is 0 Å². The minimum atomic E-state index is -0.316. The molecular weight excluding hydrogens is 447 g/mol. The van der Waals surface area contributed by atoms with Gasteiger partial charge in [0.2, 0.25) is 17.1 Å². The summed E-state index contributed by atoms with van der Waals surface area (Å²) in [6, 6.07) is 7.39. The Balaban J connectivity index is 1.33. The molecule has 1 fully saturated rings. The molecule has 6 nitrogen and oxygen atoms in total. The van der Waals surface area contributed by atoms with E-state index in [1.54, 1.807) is 12.1 Å². The number of amides is 1. The molecule has 0 atom stereocenters. The molecule has 0 saturated carbocycles. The van der Waals surface area contributed by atoms with E-state index in [9.17, 15) is 14.0 Å². The largest absolute Gasteiger partial charge is 0.482 e. The number of allylic oxidation sites excluding steroid dienone is 1. The van der Waals surface area contributed by atoms with E-state index >= 15 is 0 Å². The average molecular weight is 485 g/mol. The van der Waals surface area contributed by atoms with Gasteiger partial charge in [-0.2, -0.15) is 0 Å². The van der Waals surface area contributed by atoms with Crippen LogP contribution in [-0.4, -0.2) is 41.9 Å². The first-order valence-corrected chi connectivity index (χ1v) is 12.6. The zero-order valence-corrected chi connectivity index (χ0v) is 20.6. The maximum absolute atomic E-state index is 13.0. The minimum Gasteiger partial charge on any atom is -0.482 e. The van der Waals surface area contributed by atoms with E-state index in [1.165, 1.54) is 50.1 Å². The third-order valence-electron chi connectivity index (χ3n) is 6.31. The number of rotatable bonds is 14. The highest BCUT2D eigenvalue weighted by atomic mass is 19.1. The first-order valence-electron chi connectivity index (χ1n) is 12.6. The standard InChI is InChI=1S/C28H37FN2O4/c1-2-3-4-5-6-7-8-9-10-28(33)31-17-15-30(16-18-31)20-25-19-26(32)27(22-34-25)35-21-23-11-13-24(29)14-12-23/h2,11-14,19,22H,1,3-10,15-18,20-21H2. The SMILES string of the molecule is C=CCCCCCCCCC(=O)N1CCN(Cc2cc(=O)c(OCc3ccc(F)cc3)co2)CC1. The third kappa shape index (κ3) is 9.32. The Bertz CT molecular complexity index is 981. The van der Waals surface area contributed by atoms with Crippen LogP contribution in [0.15, 0.2) is 58.5 Å². The topological polar surface area (TPSA) is 63.0 Å². The number of carbonyl (C=O) groups excluding carboxylic acids is 1. The first kappa shape index (κ1) is 26.7. The number of piperazine rings is 1. The van der Waals surface area contributed by atoms with Crippen molar-refractivity contribution in [3.8, 4) is 5.75 Å². The summed E-state index contributed by atoms with van der Waals surface area (Å²) in [5.41, 5.74) is 0.518. The molecule has 0 unspecified atom stereocenters. The Hall–Kier alpha value is -2.93. The van der Waals surface area contributed by atoms with Crippen LogP contribution in [0.5, 0.6) is 5.75 Å².